The highest BCUT2D eigenvalue weighted by molar-refractivity contribution is 9.10. The van der Waals surface area contributed by atoms with Crippen LogP contribution in [-0.4, -0.2) is 16.8 Å². The molecule has 28 heavy (non-hydrogen) atoms. The van der Waals surface area contributed by atoms with E-state index in [4.69, 9.17) is 8.37 Å². The SMILES string of the molecule is O=S(=O)(Oc1cccc(OS(=O)(=O)c2ccc(Br)cc2)c1)c1ccc(Br)cc1. The molecule has 0 spiro atoms. The van der Waals surface area contributed by atoms with Crippen LogP contribution in [0.5, 0.6) is 11.5 Å². The van der Waals surface area contributed by atoms with Crippen LogP contribution in [0.2, 0.25) is 0 Å². The van der Waals surface area contributed by atoms with Gasteiger partial charge in [0.15, 0.2) is 0 Å². The quantitative estimate of drug-likeness (QED) is 0.414. The van der Waals surface area contributed by atoms with Gasteiger partial charge in [-0.1, -0.05) is 37.9 Å². The average molecular weight is 548 g/mol. The molecule has 0 saturated heterocycles. The molecule has 146 valence electrons. The average Bonchev–Trinajstić information content (AvgIpc) is 2.62. The lowest BCUT2D eigenvalue weighted by Crippen LogP contribution is -2.11. The minimum atomic E-state index is -4.08. The molecule has 0 aliphatic rings. The summed E-state index contributed by atoms with van der Waals surface area (Å²) in [5.41, 5.74) is 0. The van der Waals surface area contributed by atoms with Crippen LogP contribution < -0.4 is 8.37 Å². The lowest BCUT2D eigenvalue weighted by Gasteiger charge is -2.10. The standard InChI is InChI=1S/C18H12Br2O6S2/c19-13-4-8-17(9-5-13)27(21,22)25-15-2-1-3-16(12-15)26-28(23,24)18-10-6-14(20)7-11-18/h1-12H. The third-order valence-corrected chi connectivity index (χ3v) is 7.00. The largest absolute Gasteiger partial charge is 0.379 e. The van der Waals surface area contributed by atoms with Crippen molar-refractivity contribution in [1.82, 2.24) is 0 Å². The second-order valence-corrected chi connectivity index (χ2v) is 10.4. The zero-order valence-electron chi connectivity index (χ0n) is 14.0. The van der Waals surface area contributed by atoms with Crippen LogP contribution in [0.15, 0.2) is 91.5 Å². The van der Waals surface area contributed by atoms with Gasteiger partial charge in [-0.3, -0.25) is 0 Å². The topological polar surface area (TPSA) is 86.7 Å². The molecule has 3 rings (SSSR count). The molecule has 0 amide bonds. The minimum Gasteiger partial charge on any atom is -0.379 e. The lowest BCUT2D eigenvalue weighted by atomic mass is 10.3. The number of rotatable bonds is 6. The van der Waals surface area contributed by atoms with Gasteiger partial charge in [0.25, 0.3) is 0 Å². The number of hydrogen-bond donors (Lipinski definition) is 0. The van der Waals surface area contributed by atoms with Crippen molar-refractivity contribution in [1.29, 1.82) is 0 Å². The molecule has 6 nitrogen and oxygen atoms in total. The Bertz CT molecular complexity index is 1100. The van der Waals surface area contributed by atoms with Crippen LogP contribution >= 0.6 is 31.9 Å². The van der Waals surface area contributed by atoms with Crippen molar-refractivity contribution in [2.75, 3.05) is 0 Å². The Kier molecular flexibility index (Phi) is 6.13. The first-order chi connectivity index (χ1) is 13.2. The van der Waals surface area contributed by atoms with Gasteiger partial charge in [-0.2, -0.15) is 16.8 Å². The molecule has 0 fully saturated rings. The van der Waals surface area contributed by atoms with Crippen molar-refractivity contribution >= 4 is 52.1 Å². The second kappa shape index (κ2) is 8.24. The highest BCUT2D eigenvalue weighted by Crippen LogP contribution is 2.26. The molecule has 10 heteroatoms. The number of benzene rings is 3. The van der Waals surface area contributed by atoms with Gasteiger partial charge in [-0.25, -0.2) is 0 Å². The summed E-state index contributed by atoms with van der Waals surface area (Å²) in [6.07, 6.45) is 0. The highest BCUT2D eigenvalue weighted by Gasteiger charge is 2.19. The molecule has 0 N–H and O–H groups in total. The van der Waals surface area contributed by atoms with Gasteiger partial charge in [0, 0.05) is 15.0 Å². The summed E-state index contributed by atoms with van der Waals surface area (Å²) >= 11 is 6.46. The molecule has 0 bridgehead atoms. The summed E-state index contributed by atoms with van der Waals surface area (Å²) < 4.78 is 61.1. The highest BCUT2D eigenvalue weighted by atomic mass is 79.9. The number of hydrogen-bond acceptors (Lipinski definition) is 6. The predicted molar refractivity (Wildman–Crippen MR) is 110 cm³/mol. The van der Waals surface area contributed by atoms with Crippen molar-refractivity contribution in [3.05, 3.63) is 81.7 Å². The van der Waals surface area contributed by atoms with E-state index in [9.17, 15) is 16.8 Å². The van der Waals surface area contributed by atoms with Crippen molar-refractivity contribution < 1.29 is 25.2 Å². The van der Waals surface area contributed by atoms with Crippen molar-refractivity contribution in [3.63, 3.8) is 0 Å². The van der Waals surface area contributed by atoms with Crippen LogP contribution in [0.4, 0.5) is 0 Å². The van der Waals surface area contributed by atoms with Crippen molar-refractivity contribution in [2.24, 2.45) is 0 Å². The fourth-order valence-corrected chi connectivity index (χ4v) is 4.50. The first-order valence-electron chi connectivity index (χ1n) is 7.66. The normalized spacial score (nSPS) is 11.8. The summed E-state index contributed by atoms with van der Waals surface area (Å²) in [5.74, 6) is -0.155. The minimum absolute atomic E-state index is 0.0375. The van der Waals surface area contributed by atoms with Crippen LogP contribution in [0, 0.1) is 0 Å². The summed E-state index contributed by atoms with van der Waals surface area (Å²) in [7, 11) is -8.16. The smallest absolute Gasteiger partial charge is 0.339 e. The molecule has 3 aromatic carbocycles. The van der Waals surface area contributed by atoms with E-state index >= 15 is 0 Å². The fourth-order valence-electron chi connectivity index (χ4n) is 2.13. The van der Waals surface area contributed by atoms with E-state index in [1.165, 1.54) is 48.5 Å². The molecule has 0 aliphatic carbocycles. The van der Waals surface area contributed by atoms with Gasteiger partial charge < -0.3 is 8.37 Å². The molecule has 0 aromatic heterocycles. The van der Waals surface area contributed by atoms with E-state index in [0.717, 1.165) is 8.95 Å². The Morgan fingerprint density at radius 2 is 0.929 bits per heavy atom. The summed E-state index contributed by atoms with van der Waals surface area (Å²) in [5, 5.41) is 0. The molecule has 0 aliphatic heterocycles. The second-order valence-electron chi connectivity index (χ2n) is 5.46. The molecule has 3 aromatic rings. The molecule has 0 saturated carbocycles. The van der Waals surface area contributed by atoms with Crippen LogP contribution in [0.25, 0.3) is 0 Å². The Morgan fingerprint density at radius 1 is 0.571 bits per heavy atom. The lowest BCUT2D eigenvalue weighted by molar-refractivity contribution is 0.476. The van der Waals surface area contributed by atoms with E-state index in [-0.39, 0.29) is 21.3 Å². The Labute approximate surface area is 179 Å². The third kappa shape index (κ3) is 5.13. The zero-order valence-corrected chi connectivity index (χ0v) is 18.8. The molecular weight excluding hydrogens is 536 g/mol. The fraction of sp³-hybridized carbons (Fsp3) is 0. The van der Waals surface area contributed by atoms with Crippen molar-refractivity contribution in [2.45, 2.75) is 9.79 Å². The van der Waals surface area contributed by atoms with Crippen LogP contribution in [0.1, 0.15) is 0 Å². The van der Waals surface area contributed by atoms with Gasteiger partial charge in [0.1, 0.15) is 21.3 Å². The van der Waals surface area contributed by atoms with Crippen molar-refractivity contribution in [3.8, 4) is 11.5 Å². The summed E-state index contributed by atoms with van der Waals surface area (Å²) in [4.78, 5) is -0.0750. The molecule has 0 heterocycles. The van der Waals surface area contributed by atoms with E-state index in [0.29, 0.717) is 0 Å². The molecular formula is C18H12Br2O6S2. The maximum Gasteiger partial charge on any atom is 0.339 e. The van der Waals surface area contributed by atoms with Crippen LogP contribution in [0.3, 0.4) is 0 Å². The predicted octanol–water partition coefficient (Wildman–Crippen LogP) is 4.75. The summed E-state index contributed by atoms with van der Waals surface area (Å²) in [6.45, 7) is 0. The maximum atomic E-state index is 12.4. The van der Waals surface area contributed by atoms with E-state index in [1.54, 1.807) is 24.3 Å². The van der Waals surface area contributed by atoms with Gasteiger partial charge in [-0.15, -0.1) is 0 Å². The monoisotopic (exact) mass is 546 g/mol. The first kappa shape index (κ1) is 20.8. The van der Waals surface area contributed by atoms with Gasteiger partial charge in [-0.05, 0) is 60.7 Å². The first-order valence-corrected chi connectivity index (χ1v) is 12.1. The molecule has 0 radical (unpaired) electrons. The Morgan fingerprint density at radius 3 is 1.29 bits per heavy atom. The molecule has 0 atom stereocenters. The van der Waals surface area contributed by atoms with E-state index < -0.39 is 20.2 Å². The van der Waals surface area contributed by atoms with Gasteiger partial charge in [0.2, 0.25) is 0 Å². The maximum absolute atomic E-state index is 12.4. The Hall–Kier alpha value is -1.88. The van der Waals surface area contributed by atoms with E-state index in [2.05, 4.69) is 31.9 Å². The number of halogens is 2. The molecule has 0 unspecified atom stereocenters. The van der Waals surface area contributed by atoms with E-state index in [1.807, 2.05) is 0 Å². The van der Waals surface area contributed by atoms with Gasteiger partial charge in [0.05, 0.1) is 0 Å². The van der Waals surface area contributed by atoms with Crippen LogP contribution in [-0.2, 0) is 20.2 Å². The zero-order chi connectivity index (χ0) is 20.4. The Balaban J connectivity index is 1.82. The summed E-state index contributed by atoms with van der Waals surface area (Å²) in [6, 6.07) is 17.2. The third-order valence-electron chi connectivity index (χ3n) is 3.42. The van der Waals surface area contributed by atoms with Gasteiger partial charge >= 0.3 is 20.2 Å².